The van der Waals surface area contributed by atoms with Crippen molar-refractivity contribution in [1.29, 1.82) is 0 Å². The van der Waals surface area contributed by atoms with E-state index in [1.54, 1.807) is 0 Å². The highest BCUT2D eigenvalue weighted by atomic mass is 32.2. The van der Waals surface area contributed by atoms with Crippen LogP contribution in [0.25, 0.3) is 0 Å². The van der Waals surface area contributed by atoms with Crippen LogP contribution in [0.4, 0.5) is 8.78 Å². The monoisotopic (exact) mass is 330 g/mol. The summed E-state index contributed by atoms with van der Waals surface area (Å²) in [5.74, 6) is -1.53. The molecule has 1 atom stereocenters. The number of hydrogen-bond acceptors (Lipinski definition) is 7. The summed E-state index contributed by atoms with van der Waals surface area (Å²) >= 11 is 0. The molecule has 0 spiro atoms. The highest BCUT2D eigenvalue weighted by Gasteiger charge is 2.44. The molecule has 1 N–H and O–H groups in total. The third kappa shape index (κ3) is 5.02. The van der Waals surface area contributed by atoms with Gasteiger partial charge in [-0.15, -0.1) is 0 Å². The minimum atomic E-state index is -5.60. The fourth-order valence-electron chi connectivity index (χ4n) is 1.23. The highest BCUT2D eigenvalue weighted by Crippen LogP contribution is 2.21. The molecule has 0 amide bonds. The van der Waals surface area contributed by atoms with Crippen LogP contribution in [0.1, 0.15) is 6.42 Å². The zero-order chi connectivity index (χ0) is 16.3. The lowest BCUT2D eigenvalue weighted by molar-refractivity contribution is -0.145. The van der Waals surface area contributed by atoms with E-state index in [0.29, 0.717) is 0 Å². The van der Waals surface area contributed by atoms with Gasteiger partial charge >= 0.3 is 27.3 Å². The number of hydrogen-bond donors (Lipinski definition) is 1. The predicted molar refractivity (Wildman–Crippen MR) is 61.9 cm³/mol. The topological polar surface area (TPSA) is 116 Å². The van der Waals surface area contributed by atoms with Gasteiger partial charge in [0.15, 0.2) is 0 Å². The summed E-state index contributed by atoms with van der Waals surface area (Å²) in [6.45, 7) is 0.723. The molecule has 0 bridgehead atoms. The Bertz CT molecular complexity index is 541. The number of carbonyl (C=O) groups is 2. The van der Waals surface area contributed by atoms with Gasteiger partial charge in [0.05, 0.1) is 18.6 Å². The minimum absolute atomic E-state index is 0.112. The molecule has 11 heteroatoms. The SMILES string of the molecule is C=C(COCC(F)(F)S(=O)(=O)O)C(=O)OC1COC(=O)C1. The first-order chi connectivity index (χ1) is 9.53. The van der Waals surface area contributed by atoms with Gasteiger partial charge in [0.1, 0.15) is 19.3 Å². The van der Waals surface area contributed by atoms with E-state index in [9.17, 15) is 26.8 Å². The van der Waals surface area contributed by atoms with E-state index >= 15 is 0 Å². The number of rotatable bonds is 7. The largest absolute Gasteiger partial charge is 0.462 e. The van der Waals surface area contributed by atoms with Crippen molar-refractivity contribution >= 4 is 22.1 Å². The van der Waals surface area contributed by atoms with Crippen molar-refractivity contribution in [2.45, 2.75) is 17.8 Å². The van der Waals surface area contributed by atoms with E-state index in [4.69, 9.17) is 9.29 Å². The molecule has 0 aromatic heterocycles. The molecule has 21 heavy (non-hydrogen) atoms. The number of ether oxygens (including phenoxy) is 3. The Hall–Kier alpha value is -1.59. The van der Waals surface area contributed by atoms with E-state index < -0.39 is 46.6 Å². The molecule has 1 aliphatic rings. The smallest absolute Gasteiger partial charge is 0.392 e. The lowest BCUT2D eigenvalue weighted by atomic mass is 10.3. The minimum Gasteiger partial charge on any atom is -0.462 e. The maximum atomic E-state index is 12.8. The second-order valence-electron chi connectivity index (χ2n) is 4.12. The average Bonchev–Trinajstić information content (AvgIpc) is 2.72. The van der Waals surface area contributed by atoms with Crippen LogP contribution < -0.4 is 0 Å². The summed E-state index contributed by atoms with van der Waals surface area (Å²) in [5.41, 5.74) is -0.361. The molecule has 1 unspecified atom stereocenters. The summed E-state index contributed by atoms with van der Waals surface area (Å²) in [6.07, 6.45) is -0.915. The third-order valence-electron chi connectivity index (χ3n) is 2.31. The maximum Gasteiger partial charge on any atom is 0.392 e. The first kappa shape index (κ1) is 17.5. The lowest BCUT2D eigenvalue weighted by Crippen LogP contribution is -2.34. The molecule has 0 aromatic carbocycles. The van der Waals surface area contributed by atoms with Crippen molar-refractivity contribution in [2.24, 2.45) is 0 Å². The van der Waals surface area contributed by atoms with Crippen LogP contribution in [0.5, 0.6) is 0 Å². The van der Waals surface area contributed by atoms with E-state index in [0.717, 1.165) is 0 Å². The first-order valence-corrected chi connectivity index (χ1v) is 6.94. The number of esters is 2. The molecule has 0 saturated carbocycles. The number of alkyl halides is 2. The van der Waals surface area contributed by atoms with Gasteiger partial charge in [0, 0.05) is 0 Å². The van der Waals surface area contributed by atoms with Crippen molar-refractivity contribution in [3.8, 4) is 0 Å². The van der Waals surface area contributed by atoms with Gasteiger partial charge in [-0.1, -0.05) is 6.58 Å². The molecule has 1 saturated heterocycles. The zero-order valence-corrected chi connectivity index (χ0v) is 11.4. The summed E-state index contributed by atoms with van der Waals surface area (Å²) < 4.78 is 68.0. The quantitative estimate of drug-likeness (QED) is 0.391. The van der Waals surface area contributed by atoms with Gasteiger partial charge in [0.25, 0.3) is 0 Å². The van der Waals surface area contributed by atoms with Crippen molar-refractivity contribution in [3.05, 3.63) is 12.2 Å². The Balaban J connectivity index is 2.37. The molecular formula is C10H12F2O8S. The highest BCUT2D eigenvalue weighted by molar-refractivity contribution is 7.86. The van der Waals surface area contributed by atoms with Gasteiger partial charge in [-0.2, -0.15) is 17.2 Å². The Kier molecular flexibility index (Phi) is 5.36. The van der Waals surface area contributed by atoms with Gasteiger partial charge in [-0.05, 0) is 0 Å². The van der Waals surface area contributed by atoms with Gasteiger partial charge in [0.2, 0.25) is 0 Å². The third-order valence-corrected chi connectivity index (χ3v) is 3.18. The summed E-state index contributed by atoms with van der Waals surface area (Å²) in [6, 6.07) is 0. The molecule has 1 fully saturated rings. The van der Waals surface area contributed by atoms with E-state index in [1.807, 2.05) is 0 Å². The molecule has 0 radical (unpaired) electrons. The Labute approximate surface area is 118 Å². The molecule has 8 nitrogen and oxygen atoms in total. The van der Waals surface area contributed by atoms with Crippen LogP contribution in [0.2, 0.25) is 0 Å². The van der Waals surface area contributed by atoms with Gasteiger partial charge in [-0.3, -0.25) is 9.35 Å². The van der Waals surface area contributed by atoms with Crippen LogP contribution >= 0.6 is 0 Å². The van der Waals surface area contributed by atoms with Gasteiger partial charge in [-0.25, -0.2) is 4.79 Å². The molecule has 1 rings (SSSR count). The van der Waals surface area contributed by atoms with Crippen molar-refractivity contribution in [1.82, 2.24) is 0 Å². The van der Waals surface area contributed by atoms with Crippen LogP contribution in [0, 0.1) is 0 Å². The van der Waals surface area contributed by atoms with E-state index in [-0.39, 0.29) is 18.6 Å². The standard InChI is InChI=1S/C10H12F2O8S/c1-6(3-18-5-10(11,12)21(15,16)17)9(14)20-7-2-8(13)19-4-7/h7H,1-5H2,(H,15,16,17). The number of carbonyl (C=O) groups excluding carboxylic acids is 2. The van der Waals surface area contributed by atoms with Gasteiger partial charge < -0.3 is 14.2 Å². The lowest BCUT2D eigenvalue weighted by Gasteiger charge is -2.14. The molecular weight excluding hydrogens is 318 g/mol. The molecule has 1 heterocycles. The van der Waals surface area contributed by atoms with Crippen LogP contribution in [-0.2, 0) is 33.9 Å². The molecule has 0 aromatic rings. The Morgan fingerprint density at radius 1 is 1.52 bits per heavy atom. The Morgan fingerprint density at radius 3 is 2.62 bits per heavy atom. The maximum absolute atomic E-state index is 12.8. The summed E-state index contributed by atoms with van der Waals surface area (Å²) in [7, 11) is -5.60. The molecule has 1 aliphatic heterocycles. The second kappa shape index (κ2) is 6.45. The van der Waals surface area contributed by atoms with Crippen LogP contribution in [0.3, 0.4) is 0 Å². The summed E-state index contributed by atoms with van der Waals surface area (Å²) in [5, 5.41) is -4.50. The number of halogens is 2. The predicted octanol–water partition coefficient (Wildman–Crippen LogP) is -0.101. The number of cyclic esters (lactones) is 1. The first-order valence-electron chi connectivity index (χ1n) is 5.50. The zero-order valence-electron chi connectivity index (χ0n) is 10.6. The van der Waals surface area contributed by atoms with E-state index in [1.165, 1.54) is 0 Å². The molecule has 120 valence electrons. The Morgan fingerprint density at radius 2 is 2.14 bits per heavy atom. The molecule has 0 aliphatic carbocycles. The fraction of sp³-hybridized carbons (Fsp3) is 0.600. The van der Waals surface area contributed by atoms with Crippen molar-refractivity contribution < 1.29 is 45.6 Å². The average molecular weight is 330 g/mol. The van der Waals surface area contributed by atoms with Crippen LogP contribution in [0.15, 0.2) is 12.2 Å². The van der Waals surface area contributed by atoms with Crippen molar-refractivity contribution in [3.63, 3.8) is 0 Å². The van der Waals surface area contributed by atoms with Crippen LogP contribution in [-0.4, -0.2) is 56.1 Å². The summed E-state index contributed by atoms with van der Waals surface area (Å²) in [4.78, 5) is 22.2. The second-order valence-corrected chi connectivity index (χ2v) is 5.67. The van der Waals surface area contributed by atoms with Crippen molar-refractivity contribution in [2.75, 3.05) is 19.8 Å². The van der Waals surface area contributed by atoms with E-state index in [2.05, 4.69) is 16.1 Å². The fourth-order valence-corrected chi connectivity index (χ4v) is 1.46. The normalized spacial score (nSPS) is 19.2.